The van der Waals surface area contributed by atoms with E-state index in [1.54, 1.807) is 11.3 Å². The SMILES string of the molecule is CN=C(NCc1sc(C)nc1C)N1CCSC(C)(C)C1. The third-order valence-corrected chi connectivity index (χ3v) is 5.71. The first-order chi connectivity index (χ1) is 9.41. The van der Waals surface area contributed by atoms with Gasteiger partial charge in [0.25, 0.3) is 0 Å². The predicted octanol–water partition coefficient (Wildman–Crippen LogP) is 2.66. The third kappa shape index (κ3) is 3.88. The number of aromatic nitrogens is 1. The van der Waals surface area contributed by atoms with Crippen LogP contribution in [0.1, 0.15) is 29.4 Å². The number of thiazole rings is 1. The van der Waals surface area contributed by atoms with Crippen molar-refractivity contribution in [2.75, 3.05) is 25.9 Å². The van der Waals surface area contributed by atoms with Crippen LogP contribution < -0.4 is 5.32 Å². The van der Waals surface area contributed by atoms with E-state index in [1.807, 2.05) is 18.8 Å². The summed E-state index contributed by atoms with van der Waals surface area (Å²) >= 11 is 3.80. The molecule has 20 heavy (non-hydrogen) atoms. The highest BCUT2D eigenvalue weighted by Gasteiger charge is 2.28. The van der Waals surface area contributed by atoms with Crippen LogP contribution in [0.15, 0.2) is 4.99 Å². The summed E-state index contributed by atoms with van der Waals surface area (Å²) in [5, 5.41) is 4.61. The normalized spacial score (nSPS) is 19.2. The van der Waals surface area contributed by atoms with Crippen molar-refractivity contribution >= 4 is 29.1 Å². The first kappa shape index (κ1) is 15.6. The van der Waals surface area contributed by atoms with Gasteiger partial charge in [-0.25, -0.2) is 4.98 Å². The topological polar surface area (TPSA) is 40.5 Å². The minimum absolute atomic E-state index is 0.298. The van der Waals surface area contributed by atoms with Gasteiger partial charge in [0.1, 0.15) is 0 Å². The molecule has 0 radical (unpaired) electrons. The largest absolute Gasteiger partial charge is 0.351 e. The summed E-state index contributed by atoms with van der Waals surface area (Å²) in [6.07, 6.45) is 0. The molecule has 2 rings (SSSR count). The van der Waals surface area contributed by atoms with Gasteiger partial charge in [0.2, 0.25) is 0 Å². The van der Waals surface area contributed by atoms with Crippen molar-refractivity contribution in [2.45, 2.75) is 39.0 Å². The summed E-state index contributed by atoms with van der Waals surface area (Å²) in [6.45, 7) is 11.6. The van der Waals surface area contributed by atoms with E-state index in [2.05, 4.69) is 47.9 Å². The number of hydrogen-bond acceptors (Lipinski definition) is 4. The van der Waals surface area contributed by atoms with Gasteiger partial charge in [-0.1, -0.05) is 0 Å². The average Bonchev–Trinajstić information content (AvgIpc) is 2.67. The molecule has 1 fully saturated rings. The molecule has 1 N–H and O–H groups in total. The van der Waals surface area contributed by atoms with Crippen LogP contribution in [-0.2, 0) is 6.54 Å². The summed E-state index contributed by atoms with van der Waals surface area (Å²) in [5.41, 5.74) is 1.13. The molecule has 2 heterocycles. The molecule has 1 aliphatic heterocycles. The molecular formula is C14H24N4S2. The van der Waals surface area contributed by atoms with Crippen LogP contribution in [-0.4, -0.2) is 46.5 Å². The number of aliphatic imine (C=N–C) groups is 1. The van der Waals surface area contributed by atoms with E-state index in [0.29, 0.717) is 4.75 Å². The lowest BCUT2D eigenvalue weighted by atomic mass is 10.2. The third-order valence-electron chi connectivity index (χ3n) is 3.34. The lowest BCUT2D eigenvalue weighted by molar-refractivity contribution is 0.376. The fourth-order valence-electron chi connectivity index (χ4n) is 2.43. The number of guanidine groups is 1. The van der Waals surface area contributed by atoms with Crippen molar-refractivity contribution in [3.05, 3.63) is 15.6 Å². The van der Waals surface area contributed by atoms with E-state index in [1.165, 1.54) is 4.88 Å². The zero-order valence-electron chi connectivity index (χ0n) is 13.0. The molecule has 0 bridgehead atoms. The second-order valence-electron chi connectivity index (χ2n) is 5.67. The molecule has 0 amide bonds. The van der Waals surface area contributed by atoms with Gasteiger partial charge in [0.15, 0.2) is 5.96 Å². The second-order valence-corrected chi connectivity index (χ2v) is 8.76. The summed E-state index contributed by atoms with van der Waals surface area (Å²) in [6, 6.07) is 0. The summed E-state index contributed by atoms with van der Waals surface area (Å²) in [5.74, 6) is 2.16. The molecule has 1 saturated heterocycles. The van der Waals surface area contributed by atoms with E-state index in [4.69, 9.17) is 0 Å². The fraction of sp³-hybridized carbons (Fsp3) is 0.714. The maximum Gasteiger partial charge on any atom is 0.194 e. The Labute approximate surface area is 130 Å². The Morgan fingerprint density at radius 3 is 2.75 bits per heavy atom. The monoisotopic (exact) mass is 312 g/mol. The number of hydrogen-bond donors (Lipinski definition) is 1. The quantitative estimate of drug-likeness (QED) is 0.673. The summed E-state index contributed by atoms with van der Waals surface area (Å²) in [4.78, 5) is 12.6. The maximum atomic E-state index is 4.47. The smallest absolute Gasteiger partial charge is 0.194 e. The molecular weight excluding hydrogens is 288 g/mol. The Hall–Kier alpha value is -0.750. The van der Waals surface area contributed by atoms with Gasteiger partial charge >= 0.3 is 0 Å². The highest BCUT2D eigenvalue weighted by Crippen LogP contribution is 2.29. The average molecular weight is 313 g/mol. The standard InChI is InChI=1S/C14H24N4S2/c1-10-12(20-11(2)17-10)8-16-13(15-5)18-6-7-19-14(3,4)9-18/h6-9H2,1-5H3,(H,15,16). The van der Waals surface area contributed by atoms with Gasteiger partial charge in [0, 0.05) is 35.5 Å². The van der Waals surface area contributed by atoms with Crippen molar-refractivity contribution in [1.82, 2.24) is 15.2 Å². The minimum Gasteiger partial charge on any atom is -0.351 e. The van der Waals surface area contributed by atoms with Crippen molar-refractivity contribution in [3.8, 4) is 0 Å². The van der Waals surface area contributed by atoms with Gasteiger partial charge in [-0.15, -0.1) is 11.3 Å². The Morgan fingerprint density at radius 2 is 2.20 bits per heavy atom. The number of nitrogens with one attached hydrogen (secondary N) is 1. The van der Waals surface area contributed by atoms with Crippen LogP contribution in [0.4, 0.5) is 0 Å². The van der Waals surface area contributed by atoms with E-state index in [0.717, 1.165) is 42.0 Å². The van der Waals surface area contributed by atoms with Gasteiger partial charge in [-0.2, -0.15) is 11.8 Å². The minimum atomic E-state index is 0.298. The Balaban J connectivity index is 1.98. The molecule has 1 aliphatic rings. The second kappa shape index (κ2) is 6.35. The Bertz CT molecular complexity index is 493. The highest BCUT2D eigenvalue weighted by molar-refractivity contribution is 8.00. The van der Waals surface area contributed by atoms with Gasteiger partial charge in [-0.05, 0) is 27.7 Å². The highest BCUT2D eigenvalue weighted by atomic mass is 32.2. The molecule has 0 aliphatic carbocycles. The zero-order valence-corrected chi connectivity index (χ0v) is 14.6. The summed E-state index contributed by atoms with van der Waals surface area (Å²) < 4.78 is 0.298. The van der Waals surface area contributed by atoms with Crippen LogP contribution in [0.2, 0.25) is 0 Å². The Kier molecular flexibility index (Phi) is 4.96. The molecule has 6 heteroatoms. The fourth-order valence-corrected chi connectivity index (χ4v) is 4.41. The van der Waals surface area contributed by atoms with E-state index >= 15 is 0 Å². The number of rotatable bonds is 2. The maximum absolute atomic E-state index is 4.47. The molecule has 0 spiro atoms. The first-order valence-electron chi connectivity index (χ1n) is 6.94. The van der Waals surface area contributed by atoms with E-state index < -0.39 is 0 Å². The summed E-state index contributed by atoms with van der Waals surface area (Å²) in [7, 11) is 1.86. The molecule has 1 aromatic heterocycles. The molecule has 0 aromatic carbocycles. The molecule has 0 saturated carbocycles. The number of nitrogens with zero attached hydrogens (tertiary/aromatic N) is 3. The zero-order chi connectivity index (χ0) is 14.8. The van der Waals surface area contributed by atoms with Crippen molar-refractivity contribution in [1.29, 1.82) is 0 Å². The van der Waals surface area contributed by atoms with Gasteiger partial charge in [-0.3, -0.25) is 4.99 Å². The van der Waals surface area contributed by atoms with Crippen LogP contribution in [0, 0.1) is 13.8 Å². The van der Waals surface area contributed by atoms with Crippen LogP contribution in [0.25, 0.3) is 0 Å². The van der Waals surface area contributed by atoms with Crippen molar-refractivity contribution in [3.63, 3.8) is 0 Å². The first-order valence-corrected chi connectivity index (χ1v) is 8.74. The molecule has 0 atom stereocenters. The van der Waals surface area contributed by atoms with Crippen LogP contribution >= 0.6 is 23.1 Å². The predicted molar refractivity (Wildman–Crippen MR) is 89.9 cm³/mol. The van der Waals surface area contributed by atoms with E-state index in [-0.39, 0.29) is 0 Å². The van der Waals surface area contributed by atoms with Crippen LogP contribution in [0.3, 0.4) is 0 Å². The van der Waals surface area contributed by atoms with Crippen molar-refractivity contribution < 1.29 is 0 Å². The van der Waals surface area contributed by atoms with E-state index in [9.17, 15) is 0 Å². The lowest BCUT2D eigenvalue weighted by Crippen LogP contribution is -2.50. The molecule has 0 unspecified atom stereocenters. The number of aryl methyl sites for hydroxylation is 2. The Morgan fingerprint density at radius 1 is 1.45 bits per heavy atom. The van der Waals surface area contributed by atoms with Crippen LogP contribution in [0.5, 0.6) is 0 Å². The molecule has 4 nitrogen and oxygen atoms in total. The van der Waals surface area contributed by atoms with Gasteiger partial charge < -0.3 is 10.2 Å². The number of thioether (sulfide) groups is 1. The van der Waals surface area contributed by atoms with Gasteiger partial charge in [0.05, 0.1) is 17.2 Å². The van der Waals surface area contributed by atoms with Crippen molar-refractivity contribution in [2.24, 2.45) is 4.99 Å². The molecule has 112 valence electrons. The molecule has 1 aromatic rings. The lowest BCUT2D eigenvalue weighted by Gasteiger charge is -2.39.